The average molecular weight is 264 g/mol. The highest BCUT2D eigenvalue weighted by Gasteiger charge is 2.09. The Hall–Kier alpha value is -2.14. The molecule has 2 rings (SSSR count). The van der Waals surface area contributed by atoms with Crippen LogP contribution in [0.3, 0.4) is 0 Å². The van der Waals surface area contributed by atoms with Gasteiger partial charge in [-0.25, -0.2) is 0 Å². The maximum Gasteiger partial charge on any atom is 0.271 e. The normalized spacial score (nSPS) is 10.1. The van der Waals surface area contributed by atoms with Gasteiger partial charge in [0.15, 0.2) is 0 Å². The fourth-order valence-electron chi connectivity index (χ4n) is 1.46. The van der Waals surface area contributed by atoms with Gasteiger partial charge in [-0.2, -0.15) is 0 Å². The predicted octanol–water partition coefficient (Wildman–Crippen LogP) is 3.26. The molecule has 0 saturated heterocycles. The van der Waals surface area contributed by atoms with Gasteiger partial charge >= 0.3 is 0 Å². The summed E-state index contributed by atoms with van der Waals surface area (Å²) in [4.78, 5) is 14.1. The number of hydrogen-bond donors (Lipinski definition) is 1. The van der Waals surface area contributed by atoms with Crippen molar-refractivity contribution in [3.63, 3.8) is 0 Å². The minimum atomic E-state index is -0.450. The number of benzene rings is 1. The van der Waals surface area contributed by atoms with E-state index in [4.69, 9.17) is 11.6 Å². The molecule has 0 atom stereocenters. The van der Waals surface area contributed by atoms with Crippen LogP contribution in [-0.2, 0) is 6.54 Å². The molecule has 0 aliphatic carbocycles. The summed E-state index contributed by atoms with van der Waals surface area (Å²) < 4.78 is 0. The van der Waals surface area contributed by atoms with Crippen LogP contribution in [0.1, 0.15) is 5.56 Å². The lowest BCUT2D eigenvalue weighted by Crippen LogP contribution is -2.00. The van der Waals surface area contributed by atoms with Gasteiger partial charge in [-0.15, -0.1) is 0 Å². The molecule has 18 heavy (non-hydrogen) atoms. The molecule has 0 saturated carbocycles. The summed E-state index contributed by atoms with van der Waals surface area (Å²) in [7, 11) is 0. The summed E-state index contributed by atoms with van der Waals surface area (Å²) in [5, 5.41) is 14.2. The van der Waals surface area contributed by atoms with E-state index in [1.165, 1.54) is 18.2 Å². The number of aromatic nitrogens is 1. The first-order valence-electron chi connectivity index (χ1n) is 5.23. The number of halogens is 1. The SMILES string of the molecule is O=[N+]([O-])c1ccc(Cl)c(NCc2ccncc2)c1. The topological polar surface area (TPSA) is 68.1 Å². The maximum absolute atomic E-state index is 10.7. The van der Waals surface area contributed by atoms with Crippen LogP contribution in [0.4, 0.5) is 11.4 Å². The second-order valence-electron chi connectivity index (χ2n) is 3.63. The molecule has 0 unspecified atom stereocenters. The number of nitrogens with zero attached hydrogens (tertiary/aromatic N) is 2. The number of rotatable bonds is 4. The zero-order valence-electron chi connectivity index (χ0n) is 9.34. The van der Waals surface area contributed by atoms with E-state index >= 15 is 0 Å². The third-order valence-corrected chi connectivity index (χ3v) is 2.72. The molecule has 5 nitrogen and oxygen atoms in total. The fourth-order valence-corrected chi connectivity index (χ4v) is 1.64. The smallest absolute Gasteiger partial charge is 0.271 e. The molecule has 2 aromatic rings. The highest BCUT2D eigenvalue weighted by atomic mass is 35.5. The molecule has 1 heterocycles. The van der Waals surface area contributed by atoms with Crippen molar-refractivity contribution in [1.82, 2.24) is 4.98 Å². The van der Waals surface area contributed by atoms with Gasteiger partial charge in [0.1, 0.15) is 0 Å². The molecule has 6 heteroatoms. The van der Waals surface area contributed by atoms with Crippen LogP contribution in [0.15, 0.2) is 42.7 Å². The van der Waals surface area contributed by atoms with Crippen molar-refractivity contribution in [2.45, 2.75) is 6.54 Å². The van der Waals surface area contributed by atoms with E-state index in [0.29, 0.717) is 17.3 Å². The quantitative estimate of drug-likeness (QED) is 0.679. The predicted molar refractivity (Wildman–Crippen MR) is 69.7 cm³/mol. The van der Waals surface area contributed by atoms with Gasteiger partial charge in [0, 0.05) is 31.1 Å². The van der Waals surface area contributed by atoms with Crippen molar-refractivity contribution >= 4 is 23.0 Å². The van der Waals surface area contributed by atoms with Gasteiger partial charge in [-0.05, 0) is 23.8 Å². The Kier molecular flexibility index (Phi) is 3.74. The van der Waals surface area contributed by atoms with E-state index in [0.717, 1.165) is 5.56 Å². The molecule has 0 aliphatic rings. The van der Waals surface area contributed by atoms with Crippen molar-refractivity contribution in [3.05, 3.63) is 63.4 Å². The molecule has 1 aromatic carbocycles. The molecule has 0 aliphatic heterocycles. The monoisotopic (exact) mass is 263 g/mol. The Morgan fingerprint density at radius 1 is 1.28 bits per heavy atom. The number of nitrogens with one attached hydrogen (secondary N) is 1. The van der Waals surface area contributed by atoms with Gasteiger partial charge in [0.05, 0.1) is 15.6 Å². The first-order valence-corrected chi connectivity index (χ1v) is 5.61. The van der Waals surface area contributed by atoms with Gasteiger partial charge in [-0.3, -0.25) is 15.1 Å². The largest absolute Gasteiger partial charge is 0.380 e. The second kappa shape index (κ2) is 5.46. The summed E-state index contributed by atoms with van der Waals surface area (Å²) in [6.45, 7) is 0.531. The van der Waals surface area contributed by atoms with Crippen molar-refractivity contribution < 1.29 is 4.92 Å². The number of nitro benzene ring substituents is 1. The van der Waals surface area contributed by atoms with Crippen LogP contribution in [-0.4, -0.2) is 9.91 Å². The summed E-state index contributed by atoms with van der Waals surface area (Å²) in [5.74, 6) is 0. The number of anilines is 1. The van der Waals surface area contributed by atoms with Gasteiger partial charge in [-0.1, -0.05) is 11.6 Å². The summed E-state index contributed by atoms with van der Waals surface area (Å²) in [6.07, 6.45) is 3.37. The lowest BCUT2D eigenvalue weighted by Gasteiger charge is -2.08. The molecule has 1 N–H and O–H groups in total. The number of nitro groups is 1. The van der Waals surface area contributed by atoms with Crippen LogP contribution < -0.4 is 5.32 Å². The van der Waals surface area contributed by atoms with Gasteiger partial charge < -0.3 is 5.32 Å². The molecule has 92 valence electrons. The van der Waals surface area contributed by atoms with E-state index in [1.54, 1.807) is 12.4 Å². The van der Waals surface area contributed by atoms with Crippen LogP contribution in [0.5, 0.6) is 0 Å². The van der Waals surface area contributed by atoms with Crippen LogP contribution >= 0.6 is 11.6 Å². The van der Waals surface area contributed by atoms with E-state index in [9.17, 15) is 10.1 Å². The Balaban J connectivity index is 2.14. The molecule has 1 aromatic heterocycles. The van der Waals surface area contributed by atoms with Crippen molar-refractivity contribution in [3.8, 4) is 0 Å². The summed E-state index contributed by atoms with van der Waals surface area (Å²) in [5.41, 5.74) is 1.58. The van der Waals surface area contributed by atoms with Gasteiger partial charge in [0.2, 0.25) is 0 Å². The molecule has 0 spiro atoms. The Labute approximate surface area is 109 Å². The first kappa shape index (κ1) is 12.3. The Morgan fingerprint density at radius 3 is 2.67 bits per heavy atom. The highest BCUT2D eigenvalue weighted by molar-refractivity contribution is 6.33. The van der Waals surface area contributed by atoms with Crippen molar-refractivity contribution in [1.29, 1.82) is 0 Å². The van der Waals surface area contributed by atoms with Crippen LogP contribution in [0, 0.1) is 10.1 Å². The fraction of sp³-hybridized carbons (Fsp3) is 0.0833. The molecular formula is C12H10ClN3O2. The van der Waals surface area contributed by atoms with Crippen molar-refractivity contribution in [2.75, 3.05) is 5.32 Å². The van der Waals surface area contributed by atoms with E-state index in [2.05, 4.69) is 10.3 Å². The van der Waals surface area contributed by atoms with Gasteiger partial charge in [0.25, 0.3) is 5.69 Å². The second-order valence-corrected chi connectivity index (χ2v) is 4.04. The summed E-state index contributed by atoms with van der Waals surface area (Å²) in [6, 6.07) is 8.02. The van der Waals surface area contributed by atoms with E-state index < -0.39 is 4.92 Å². The van der Waals surface area contributed by atoms with E-state index in [-0.39, 0.29) is 5.69 Å². The lowest BCUT2D eigenvalue weighted by molar-refractivity contribution is -0.384. The maximum atomic E-state index is 10.7. The summed E-state index contributed by atoms with van der Waals surface area (Å²) >= 11 is 5.97. The van der Waals surface area contributed by atoms with Crippen LogP contribution in [0.2, 0.25) is 5.02 Å². The molecule has 0 amide bonds. The number of non-ortho nitro benzene ring substituents is 1. The molecular weight excluding hydrogens is 254 g/mol. The average Bonchev–Trinajstić information content (AvgIpc) is 2.38. The Morgan fingerprint density at radius 2 is 2.00 bits per heavy atom. The zero-order chi connectivity index (χ0) is 13.0. The minimum absolute atomic E-state index is 0.0108. The van der Waals surface area contributed by atoms with Crippen molar-refractivity contribution in [2.24, 2.45) is 0 Å². The minimum Gasteiger partial charge on any atom is -0.380 e. The molecule has 0 bridgehead atoms. The number of pyridine rings is 1. The highest BCUT2D eigenvalue weighted by Crippen LogP contribution is 2.26. The molecule has 0 fully saturated rings. The first-order chi connectivity index (χ1) is 8.66. The standard InChI is InChI=1S/C12H10ClN3O2/c13-11-2-1-10(16(17)18)7-12(11)15-8-9-3-5-14-6-4-9/h1-7,15H,8H2. The zero-order valence-corrected chi connectivity index (χ0v) is 10.1. The van der Waals surface area contributed by atoms with E-state index in [1.807, 2.05) is 12.1 Å². The lowest BCUT2D eigenvalue weighted by atomic mass is 10.2. The Bertz CT molecular complexity index is 561. The van der Waals surface area contributed by atoms with Crippen LogP contribution in [0.25, 0.3) is 0 Å². The third-order valence-electron chi connectivity index (χ3n) is 2.39. The third kappa shape index (κ3) is 2.95. The number of hydrogen-bond acceptors (Lipinski definition) is 4. The molecule has 0 radical (unpaired) electrons.